The minimum Gasteiger partial charge on any atom is -0.484 e. The number of ether oxygens (including phenoxy) is 1. The number of aryl methyl sites for hydroxylation is 2. The average molecular weight is 465 g/mol. The van der Waals surface area contributed by atoms with Crippen molar-refractivity contribution >= 4 is 23.4 Å². The van der Waals surface area contributed by atoms with Gasteiger partial charge in [-0.15, -0.1) is 0 Å². The first kappa shape index (κ1) is 24.3. The smallest absolute Gasteiger partial charge is 0.261 e. The van der Waals surface area contributed by atoms with E-state index in [2.05, 4.69) is 5.32 Å². The summed E-state index contributed by atoms with van der Waals surface area (Å²) in [6, 6.07) is 22.2. The molecule has 0 aliphatic carbocycles. The van der Waals surface area contributed by atoms with E-state index in [1.807, 2.05) is 68.4 Å². The molecule has 0 fully saturated rings. The summed E-state index contributed by atoms with van der Waals surface area (Å²) in [7, 11) is 1.59. The van der Waals surface area contributed by atoms with Crippen molar-refractivity contribution in [3.05, 3.63) is 100 Å². The van der Waals surface area contributed by atoms with Gasteiger partial charge in [0.25, 0.3) is 5.91 Å². The Morgan fingerprint density at radius 2 is 1.67 bits per heavy atom. The summed E-state index contributed by atoms with van der Waals surface area (Å²) in [4.78, 5) is 27.9. The van der Waals surface area contributed by atoms with Crippen LogP contribution in [0.2, 0.25) is 5.02 Å². The molecule has 2 amide bonds. The van der Waals surface area contributed by atoms with Gasteiger partial charge in [-0.25, -0.2) is 0 Å². The van der Waals surface area contributed by atoms with E-state index in [1.165, 1.54) is 0 Å². The van der Waals surface area contributed by atoms with Crippen molar-refractivity contribution in [3.8, 4) is 5.75 Å². The van der Waals surface area contributed by atoms with Crippen LogP contribution in [0.25, 0.3) is 0 Å². The Labute approximate surface area is 200 Å². The van der Waals surface area contributed by atoms with Gasteiger partial charge < -0.3 is 15.0 Å². The van der Waals surface area contributed by atoms with Crippen LogP contribution in [0, 0.1) is 13.8 Å². The van der Waals surface area contributed by atoms with Gasteiger partial charge in [0.2, 0.25) is 5.91 Å². The zero-order valence-electron chi connectivity index (χ0n) is 19.2. The topological polar surface area (TPSA) is 58.6 Å². The Hall–Kier alpha value is -3.31. The largest absolute Gasteiger partial charge is 0.484 e. The highest BCUT2D eigenvalue weighted by Crippen LogP contribution is 2.22. The fourth-order valence-corrected chi connectivity index (χ4v) is 3.66. The third kappa shape index (κ3) is 6.83. The summed E-state index contributed by atoms with van der Waals surface area (Å²) in [5.41, 5.74) is 3.91. The van der Waals surface area contributed by atoms with Gasteiger partial charge in [-0.2, -0.15) is 0 Å². The molecule has 0 spiro atoms. The Morgan fingerprint density at radius 3 is 2.30 bits per heavy atom. The van der Waals surface area contributed by atoms with Crippen LogP contribution < -0.4 is 10.1 Å². The third-order valence-corrected chi connectivity index (χ3v) is 5.91. The van der Waals surface area contributed by atoms with Gasteiger partial charge in [-0.3, -0.25) is 9.59 Å². The lowest BCUT2D eigenvalue weighted by Crippen LogP contribution is -2.51. The number of halogens is 1. The normalized spacial score (nSPS) is 11.5. The molecule has 172 valence electrons. The van der Waals surface area contributed by atoms with Gasteiger partial charge in [0, 0.05) is 25.0 Å². The zero-order valence-corrected chi connectivity index (χ0v) is 19.9. The fraction of sp³-hybridized carbons (Fsp3) is 0.259. The molecule has 6 heteroatoms. The van der Waals surface area contributed by atoms with E-state index in [-0.39, 0.29) is 18.4 Å². The first-order valence-corrected chi connectivity index (χ1v) is 11.2. The molecule has 1 atom stereocenters. The lowest BCUT2D eigenvalue weighted by molar-refractivity contribution is -0.142. The molecule has 3 rings (SSSR count). The van der Waals surface area contributed by atoms with E-state index in [0.717, 1.165) is 22.3 Å². The minimum atomic E-state index is -0.679. The predicted octanol–water partition coefficient (Wildman–Crippen LogP) is 4.72. The van der Waals surface area contributed by atoms with Crippen molar-refractivity contribution in [3.63, 3.8) is 0 Å². The molecular weight excluding hydrogens is 436 g/mol. The van der Waals surface area contributed by atoms with Crippen LogP contribution in [0.4, 0.5) is 0 Å². The molecule has 0 radical (unpaired) electrons. The molecule has 0 aliphatic rings. The molecule has 5 nitrogen and oxygen atoms in total. The summed E-state index contributed by atoms with van der Waals surface area (Å²) in [6.45, 7) is 4.00. The van der Waals surface area contributed by atoms with Crippen LogP contribution in [-0.4, -0.2) is 36.4 Å². The number of likely N-dealkylation sites (N-methyl/N-ethyl adjacent to an activating group) is 1. The molecule has 1 N–H and O–H groups in total. The van der Waals surface area contributed by atoms with E-state index in [1.54, 1.807) is 30.1 Å². The second-order valence-electron chi connectivity index (χ2n) is 8.03. The van der Waals surface area contributed by atoms with Crippen LogP contribution >= 0.6 is 11.6 Å². The highest BCUT2D eigenvalue weighted by atomic mass is 35.5. The van der Waals surface area contributed by atoms with Crippen molar-refractivity contribution in [1.82, 2.24) is 10.2 Å². The number of benzene rings is 3. The highest BCUT2D eigenvalue weighted by molar-refractivity contribution is 6.31. The maximum Gasteiger partial charge on any atom is 0.261 e. The first-order valence-electron chi connectivity index (χ1n) is 10.9. The van der Waals surface area contributed by atoms with Gasteiger partial charge in [0.15, 0.2) is 6.61 Å². The summed E-state index contributed by atoms with van der Waals surface area (Å²) in [5, 5.41) is 3.35. The second kappa shape index (κ2) is 11.5. The molecule has 33 heavy (non-hydrogen) atoms. The fourth-order valence-electron chi connectivity index (χ4n) is 3.55. The molecule has 3 aromatic carbocycles. The number of carbonyl (C=O) groups excluding carboxylic acids is 2. The van der Waals surface area contributed by atoms with Crippen molar-refractivity contribution in [2.24, 2.45) is 0 Å². The number of nitrogens with one attached hydrogen (secondary N) is 1. The van der Waals surface area contributed by atoms with Gasteiger partial charge in [-0.1, -0.05) is 71.8 Å². The van der Waals surface area contributed by atoms with Crippen molar-refractivity contribution in [1.29, 1.82) is 0 Å². The van der Waals surface area contributed by atoms with Crippen molar-refractivity contribution in [2.45, 2.75) is 32.9 Å². The van der Waals surface area contributed by atoms with Crippen LogP contribution in [-0.2, 0) is 22.6 Å². The lowest BCUT2D eigenvalue weighted by atomic mass is 10.0. The molecular formula is C27H29ClN2O3. The average Bonchev–Trinajstić information content (AvgIpc) is 2.83. The van der Waals surface area contributed by atoms with E-state index in [4.69, 9.17) is 16.3 Å². The lowest BCUT2D eigenvalue weighted by Gasteiger charge is -2.31. The maximum absolute atomic E-state index is 13.4. The van der Waals surface area contributed by atoms with E-state index in [9.17, 15) is 9.59 Å². The third-order valence-electron chi connectivity index (χ3n) is 5.48. The SMILES string of the molecule is CNC(=O)C(Cc1ccccc1)N(Cc1ccc(C)cc1)C(=O)COc1ccc(Cl)c(C)c1. The summed E-state index contributed by atoms with van der Waals surface area (Å²) in [6.07, 6.45) is 0.401. The van der Waals surface area contributed by atoms with Gasteiger partial charge in [-0.05, 0) is 48.7 Å². The monoisotopic (exact) mass is 464 g/mol. The summed E-state index contributed by atoms with van der Waals surface area (Å²) < 4.78 is 5.77. The van der Waals surface area contributed by atoms with Crippen LogP contribution in [0.5, 0.6) is 5.75 Å². The molecule has 0 heterocycles. The van der Waals surface area contributed by atoms with E-state index in [0.29, 0.717) is 23.7 Å². The van der Waals surface area contributed by atoms with E-state index < -0.39 is 6.04 Å². The molecule has 0 saturated heterocycles. The standard InChI is InChI=1S/C27H29ClN2O3/c1-19-9-11-22(12-10-19)17-30(25(27(32)29-3)16-21-7-5-4-6-8-21)26(31)18-33-23-13-14-24(28)20(2)15-23/h4-15,25H,16-18H2,1-3H3,(H,29,32). The van der Waals surface area contributed by atoms with Gasteiger partial charge in [0.05, 0.1) is 0 Å². The van der Waals surface area contributed by atoms with Crippen LogP contribution in [0.15, 0.2) is 72.8 Å². The number of carbonyl (C=O) groups is 2. The maximum atomic E-state index is 13.4. The Bertz CT molecular complexity index is 1080. The molecule has 3 aromatic rings. The van der Waals surface area contributed by atoms with Crippen molar-refractivity contribution in [2.75, 3.05) is 13.7 Å². The van der Waals surface area contributed by atoms with Gasteiger partial charge >= 0.3 is 0 Å². The minimum absolute atomic E-state index is 0.185. The number of rotatable bonds is 9. The summed E-state index contributed by atoms with van der Waals surface area (Å²) in [5.74, 6) is 0.0643. The van der Waals surface area contributed by atoms with Crippen molar-refractivity contribution < 1.29 is 14.3 Å². The second-order valence-corrected chi connectivity index (χ2v) is 8.43. The number of hydrogen-bond acceptors (Lipinski definition) is 3. The highest BCUT2D eigenvalue weighted by Gasteiger charge is 2.30. The Balaban J connectivity index is 1.86. The van der Waals surface area contributed by atoms with E-state index >= 15 is 0 Å². The Kier molecular flexibility index (Phi) is 8.50. The molecule has 0 aliphatic heterocycles. The molecule has 0 aromatic heterocycles. The van der Waals surface area contributed by atoms with Crippen LogP contribution in [0.1, 0.15) is 22.3 Å². The number of amides is 2. The number of nitrogens with zero attached hydrogens (tertiary/aromatic N) is 1. The Morgan fingerprint density at radius 1 is 0.970 bits per heavy atom. The first-order chi connectivity index (χ1) is 15.9. The zero-order chi connectivity index (χ0) is 23.8. The quantitative estimate of drug-likeness (QED) is 0.498. The number of hydrogen-bond donors (Lipinski definition) is 1. The van der Waals surface area contributed by atoms with Crippen LogP contribution in [0.3, 0.4) is 0 Å². The molecule has 0 bridgehead atoms. The molecule has 0 saturated carbocycles. The summed E-state index contributed by atoms with van der Waals surface area (Å²) >= 11 is 6.09. The van der Waals surface area contributed by atoms with Gasteiger partial charge in [0.1, 0.15) is 11.8 Å². The molecule has 1 unspecified atom stereocenters. The predicted molar refractivity (Wildman–Crippen MR) is 131 cm³/mol.